The molecule has 110 valence electrons. The van der Waals surface area contributed by atoms with Crippen LogP contribution in [0, 0.1) is 0 Å². The van der Waals surface area contributed by atoms with E-state index in [4.69, 9.17) is 0 Å². The Bertz CT molecular complexity index is 460. The number of nitrogens with zero attached hydrogens (tertiary/aromatic N) is 1. The van der Waals surface area contributed by atoms with E-state index in [0.29, 0.717) is 6.04 Å². The Hall–Kier alpha value is -1.15. The first-order valence-electron chi connectivity index (χ1n) is 8.05. The van der Waals surface area contributed by atoms with Crippen LogP contribution in [0.4, 0.5) is 0 Å². The minimum atomic E-state index is 0.210. The predicted molar refractivity (Wildman–Crippen MR) is 84.3 cm³/mol. The molecule has 1 unspecified atom stereocenters. The van der Waals surface area contributed by atoms with E-state index < -0.39 is 0 Å². The van der Waals surface area contributed by atoms with Crippen molar-refractivity contribution in [2.75, 3.05) is 13.1 Å². The van der Waals surface area contributed by atoms with Gasteiger partial charge < -0.3 is 0 Å². The second-order valence-electron chi connectivity index (χ2n) is 5.88. The van der Waals surface area contributed by atoms with Crippen LogP contribution in [0.5, 0.6) is 0 Å². The zero-order valence-electron chi connectivity index (χ0n) is 13.1. The Labute approximate surface area is 123 Å². The molecule has 1 aliphatic carbocycles. The van der Waals surface area contributed by atoms with Crippen LogP contribution in [0.3, 0.4) is 0 Å². The van der Waals surface area contributed by atoms with Crippen LogP contribution in [0.15, 0.2) is 18.2 Å². The molecule has 0 N–H and O–H groups in total. The summed E-state index contributed by atoms with van der Waals surface area (Å²) in [7, 11) is 0. The molecule has 2 rings (SSSR count). The zero-order chi connectivity index (χ0) is 14.5. The number of hydrogen-bond acceptors (Lipinski definition) is 2. The van der Waals surface area contributed by atoms with Crippen molar-refractivity contribution in [3.63, 3.8) is 0 Å². The summed E-state index contributed by atoms with van der Waals surface area (Å²) in [5.41, 5.74) is 3.67. The minimum Gasteiger partial charge on any atom is -0.296 e. The van der Waals surface area contributed by atoms with Crippen molar-refractivity contribution in [2.45, 2.75) is 58.9 Å². The summed E-state index contributed by atoms with van der Waals surface area (Å²) in [5, 5.41) is 0. The van der Waals surface area contributed by atoms with Gasteiger partial charge in [-0.1, -0.05) is 32.0 Å². The maximum Gasteiger partial charge on any atom is 0.160 e. The largest absolute Gasteiger partial charge is 0.296 e. The van der Waals surface area contributed by atoms with Gasteiger partial charge >= 0.3 is 0 Å². The summed E-state index contributed by atoms with van der Waals surface area (Å²) in [5.74, 6) is 0.210. The molecule has 0 aromatic heterocycles. The Morgan fingerprint density at radius 1 is 1.25 bits per heavy atom. The molecule has 0 radical (unpaired) electrons. The van der Waals surface area contributed by atoms with E-state index >= 15 is 0 Å². The molecule has 2 nitrogen and oxygen atoms in total. The van der Waals surface area contributed by atoms with Gasteiger partial charge in [0.05, 0.1) is 0 Å². The van der Waals surface area contributed by atoms with Gasteiger partial charge in [-0.2, -0.15) is 0 Å². The molecule has 0 bridgehead atoms. The first-order valence-corrected chi connectivity index (χ1v) is 8.05. The quantitative estimate of drug-likeness (QED) is 0.716. The lowest BCUT2D eigenvalue weighted by Crippen LogP contribution is -2.33. The van der Waals surface area contributed by atoms with E-state index in [-0.39, 0.29) is 5.78 Å². The summed E-state index contributed by atoms with van der Waals surface area (Å²) < 4.78 is 0. The molecular formula is C18H27NO. The average Bonchev–Trinajstić information content (AvgIpc) is 2.45. The van der Waals surface area contributed by atoms with Gasteiger partial charge in [0.2, 0.25) is 0 Å². The Morgan fingerprint density at radius 2 is 1.95 bits per heavy atom. The van der Waals surface area contributed by atoms with Crippen molar-refractivity contribution in [1.29, 1.82) is 0 Å². The number of fused-ring (bicyclic) bond motifs is 1. The molecule has 1 atom stereocenters. The fraction of sp³-hybridized carbons (Fsp3) is 0.611. The summed E-state index contributed by atoms with van der Waals surface area (Å²) >= 11 is 0. The summed E-state index contributed by atoms with van der Waals surface area (Å²) in [4.78, 5) is 14.6. The maximum absolute atomic E-state index is 12.0. The van der Waals surface area contributed by atoms with Gasteiger partial charge in [0, 0.05) is 11.6 Å². The van der Waals surface area contributed by atoms with Crippen molar-refractivity contribution in [2.24, 2.45) is 0 Å². The average molecular weight is 273 g/mol. The molecule has 1 aromatic carbocycles. The number of rotatable bonds is 6. The first-order chi connectivity index (χ1) is 9.69. The lowest BCUT2D eigenvalue weighted by atomic mass is 9.82. The standard InChI is InChI=1S/C18H27NO/c1-4-12-19(13-5-2)17-11-7-9-15-8-6-10-16(14(3)20)18(15)17/h6,8,10,17H,4-5,7,9,11-13H2,1-3H3. The molecule has 20 heavy (non-hydrogen) atoms. The Kier molecular flexibility index (Phi) is 5.36. The highest BCUT2D eigenvalue weighted by Crippen LogP contribution is 2.37. The third-order valence-corrected chi connectivity index (χ3v) is 4.30. The van der Waals surface area contributed by atoms with Gasteiger partial charge in [0.15, 0.2) is 5.78 Å². The van der Waals surface area contributed by atoms with E-state index in [0.717, 1.165) is 25.1 Å². The number of Topliss-reactive ketones (excluding diaryl/α,β-unsaturated/α-hetero) is 1. The SMILES string of the molecule is CCCN(CCC)C1CCCc2cccc(C(C)=O)c21. The highest BCUT2D eigenvalue weighted by atomic mass is 16.1. The van der Waals surface area contributed by atoms with E-state index in [1.165, 1.54) is 36.8 Å². The van der Waals surface area contributed by atoms with Crippen LogP contribution in [0.25, 0.3) is 0 Å². The maximum atomic E-state index is 12.0. The van der Waals surface area contributed by atoms with Gasteiger partial charge in [0.25, 0.3) is 0 Å². The second-order valence-corrected chi connectivity index (χ2v) is 5.88. The van der Waals surface area contributed by atoms with Crippen molar-refractivity contribution in [1.82, 2.24) is 4.90 Å². The topological polar surface area (TPSA) is 20.3 Å². The van der Waals surface area contributed by atoms with Crippen LogP contribution in [0.2, 0.25) is 0 Å². The fourth-order valence-electron chi connectivity index (χ4n) is 3.52. The van der Waals surface area contributed by atoms with Crippen LogP contribution < -0.4 is 0 Å². The van der Waals surface area contributed by atoms with Crippen molar-refractivity contribution in [3.05, 3.63) is 34.9 Å². The zero-order valence-corrected chi connectivity index (χ0v) is 13.1. The third-order valence-electron chi connectivity index (χ3n) is 4.30. The van der Waals surface area contributed by atoms with Crippen molar-refractivity contribution < 1.29 is 4.79 Å². The highest BCUT2D eigenvalue weighted by molar-refractivity contribution is 5.96. The molecule has 0 fully saturated rings. The molecule has 0 heterocycles. The van der Waals surface area contributed by atoms with E-state index in [1.807, 2.05) is 12.1 Å². The number of carbonyl (C=O) groups is 1. The molecule has 0 saturated carbocycles. The molecule has 0 saturated heterocycles. The molecule has 1 aliphatic rings. The minimum absolute atomic E-state index is 0.210. The second kappa shape index (κ2) is 7.03. The highest BCUT2D eigenvalue weighted by Gasteiger charge is 2.28. The fourth-order valence-corrected chi connectivity index (χ4v) is 3.52. The van der Waals surface area contributed by atoms with Gasteiger partial charge in [-0.05, 0) is 63.2 Å². The Morgan fingerprint density at radius 3 is 2.55 bits per heavy atom. The van der Waals surface area contributed by atoms with Crippen LogP contribution >= 0.6 is 0 Å². The lowest BCUT2D eigenvalue weighted by molar-refractivity contribution is 0.101. The number of carbonyl (C=O) groups excluding carboxylic acids is 1. The predicted octanol–water partition coefficient (Wildman–Crippen LogP) is 4.39. The summed E-state index contributed by atoms with van der Waals surface area (Å²) in [6, 6.07) is 6.71. The molecular weight excluding hydrogens is 246 g/mol. The van der Waals surface area contributed by atoms with Crippen LogP contribution in [-0.4, -0.2) is 23.8 Å². The molecule has 2 heteroatoms. The van der Waals surface area contributed by atoms with E-state index in [9.17, 15) is 4.79 Å². The van der Waals surface area contributed by atoms with E-state index in [2.05, 4.69) is 24.8 Å². The van der Waals surface area contributed by atoms with Gasteiger partial charge in [-0.25, -0.2) is 0 Å². The van der Waals surface area contributed by atoms with Gasteiger partial charge in [-0.15, -0.1) is 0 Å². The molecule has 0 amide bonds. The lowest BCUT2D eigenvalue weighted by Gasteiger charge is -2.36. The normalized spacial score (nSPS) is 18.1. The molecule has 0 aliphatic heterocycles. The smallest absolute Gasteiger partial charge is 0.160 e. The number of hydrogen-bond donors (Lipinski definition) is 0. The van der Waals surface area contributed by atoms with Crippen molar-refractivity contribution >= 4 is 5.78 Å². The van der Waals surface area contributed by atoms with Gasteiger partial charge in [0.1, 0.15) is 0 Å². The van der Waals surface area contributed by atoms with Crippen molar-refractivity contribution in [3.8, 4) is 0 Å². The third kappa shape index (κ3) is 3.12. The molecule has 0 spiro atoms. The van der Waals surface area contributed by atoms with Crippen LogP contribution in [-0.2, 0) is 6.42 Å². The first kappa shape index (κ1) is 15.2. The van der Waals surface area contributed by atoms with E-state index in [1.54, 1.807) is 6.92 Å². The van der Waals surface area contributed by atoms with Gasteiger partial charge in [-0.3, -0.25) is 9.69 Å². The number of ketones is 1. The number of aryl methyl sites for hydroxylation is 1. The van der Waals surface area contributed by atoms with Crippen LogP contribution in [0.1, 0.15) is 74.0 Å². The Balaban J connectivity index is 2.41. The monoisotopic (exact) mass is 273 g/mol. The summed E-state index contributed by atoms with van der Waals surface area (Å²) in [6.07, 6.45) is 5.90. The number of benzene rings is 1. The summed E-state index contributed by atoms with van der Waals surface area (Å²) in [6.45, 7) is 8.44. The molecule has 1 aromatic rings.